The zero-order chi connectivity index (χ0) is 17.4. The highest BCUT2D eigenvalue weighted by molar-refractivity contribution is 6.05. The molecule has 1 aliphatic rings. The molecule has 5 nitrogen and oxygen atoms in total. The van der Waals surface area contributed by atoms with Crippen LogP contribution in [0, 0.1) is 13.8 Å². The van der Waals surface area contributed by atoms with Crippen molar-refractivity contribution in [2.24, 2.45) is 0 Å². The number of hydrogen-bond acceptors (Lipinski definition) is 5. The Kier molecular flexibility index (Phi) is 3.99. The molecule has 0 unspecified atom stereocenters. The fraction of sp³-hybridized carbons (Fsp3) is 0.350. The van der Waals surface area contributed by atoms with Crippen LogP contribution in [0.2, 0.25) is 0 Å². The van der Waals surface area contributed by atoms with E-state index in [0.717, 1.165) is 59.1 Å². The maximum absolute atomic E-state index is 12.9. The van der Waals surface area contributed by atoms with E-state index in [1.54, 1.807) is 6.07 Å². The van der Waals surface area contributed by atoms with Gasteiger partial charge in [0, 0.05) is 17.1 Å². The second-order valence-corrected chi connectivity index (χ2v) is 6.65. The van der Waals surface area contributed by atoms with E-state index < -0.39 is 0 Å². The minimum atomic E-state index is -0.315. The predicted molar refractivity (Wildman–Crippen MR) is 93.5 cm³/mol. The van der Waals surface area contributed by atoms with Gasteiger partial charge in [0.25, 0.3) is 0 Å². The predicted octanol–water partition coefficient (Wildman–Crippen LogP) is 4.08. The molecule has 0 fully saturated rings. The average Bonchev–Trinajstić information content (AvgIpc) is 3.03. The van der Waals surface area contributed by atoms with Gasteiger partial charge < -0.3 is 9.26 Å². The third-order valence-electron chi connectivity index (χ3n) is 4.64. The lowest BCUT2D eigenvalue weighted by Crippen LogP contribution is -2.15. The summed E-state index contributed by atoms with van der Waals surface area (Å²) in [5.41, 5.74) is 5.47. The number of aromatic nitrogens is 2. The molecule has 1 aromatic carbocycles. The molecule has 0 amide bonds. The molecule has 0 bridgehead atoms. The third kappa shape index (κ3) is 3.02. The Morgan fingerprint density at radius 2 is 2.04 bits per heavy atom. The van der Waals surface area contributed by atoms with Crippen molar-refractivity contribution in [1.29, 1.82) is 0 Å². The van der Waals surface area contributed by atoms with Crippen molar-refractivity contribution in [2.75, 3.05) is 0 Å². The Bertz CT molecular complexity index is 959. The van der Waals surface area contributed by atoms with Crippen LogP contribution in [0.4, 0.5) is 0 Å². The number of esters is 1. The van der Waals surface area contributed by atoms with Crippen molar-refractivity contribution in [3.8, 4) is 0 Å². The summed E-state index contributed by atoms with van der Waals surface area (Å²) in [5.74, 6) is 0.236. The Morgan fingerprint density at radius 1 is 1.20 bits per heavy atom. The summed E-state index contributed by atoms with van der Waals surface area (Å²) in [7, 11) is 0. The lowest BCUT2D eigenvalue weighted by atomic mass is 9.89. The summed E-state index contributed by atoms with van der Waals surface area (Å²) >= 11 is 0. The summed E-state index contributed by atoms with van der Waals surface area (Å²) in [6.07, 6.45) is 3.98. The maximum atomic E-state index is 12.9. The quantitative estimate of drug-likeness (QED) is 0.674. The highest BCUT2D eigenvalue weighted by Crippen LogP contribution is 2.30. The molecule has 2 aromatic heterocycles. The number of aryl methyl sites for hydroxylation is 3. The SMILES string of the molecule is Cc1ccc2nc3c(c(C(=O)OCc4cc(C)no4)c2c1)CCCC3. The van der Waals surface area contributed by atoms with Gasteiger partial charge >= 0.3 is 5.97 Å². The Hall–Kier alpha value is -2.69. The number of carbonyl (C=O) groups is 1. The maximum Gasteiger partial charge on any atom is 0.339 e. The van der Waals surface area contributed by atoms with E-state index in [1.165, 1.54) is 0 Å². The number of benzene rings is 1. The lowest BCUT2D eigenvalue weighted by molar-refractivity contribution is 0.0438. The standard InChI is InChI=1S/C20H20N2O3/c1-12-7-8-18-16(9-12)19(15-5-3-4-6-17(15)21-18)20(23)24-11-14-10-13(2)22-25-14/h7-10H,3-6,11H2,1-2H3. The summed E-state index contributed by atoms with van der Waals surface area (Å²) in [5, 5.41) is 4.70. The van der Waals surface area contributed by atoms with Gasteiger partial charge in [0.05, 0.1) is 16.8 Å². The van der Waals surface area contributed by atoms with E-state index in [2.05, 4.69) is 5.16 Å². The molecule has 128 valence electrons. The molecule has 0 spiro atoms. The Balaban J connectivity index is 1.75. The summed E-state index contributed by atoms with van der Waals surface area (Å²) < 4.78 is 10.7. The van der Waals surface area contributed by atoms with Crippen molar-refractivity contribution < 1.29 is 14.1 Å². The third-order valence-corrected chi connectivity index (χ3v) is 4.64. The highest BCUT2D eigenvalue weighted by atomic mass is 16.5. The first-order chi connectivity index (χ1) is 12.1. The molecule has 5 heteroatoms. The molecule has 4 rings (SSSR count). The first-order valence-electron chi connectivity index (χ1n) is 8.63. The van der Waals surface area contributed by atoms with E-state index in [9.17, 15) is 4.79 Å². The van der Waals surface area contributed by atoms with Crippen molar-refractivity contribution in [1.82, 2.24) is 10.1 Å². The number of fused-ring (bicyclic) bond motifs is 2. The highest BCUT2D eigenvalue weighted by Gasteiger charge is 2.24. The lowest BCUT2D eigenvalue weighted by Gasteiger charge is -2.20. The van der Waals surface area contributed by atoms with E-state index >= 15 is 0 Å². The van der Waals surface area contributed by atoms with Crippen LogP contribution in [0.3, 0.4) is 0 Å². The van der Waals surface area contributed by atoms with Gasteiger partial charge in [-0.15, -0.1) is 0 Å². The number of rotatable bonds is 3. The van der Waals surface area contributed by atoms with Crippen molar-refractivity contribution >= 4 is 16.9 Å². The van der Waals surface area contributed by atoms with Crippen molar-refractivity contribution in [3.63, 3.8) is 0 Å². The van der Waals surface area contributed by atoms with Gasteiger partial charge in [-0.25, -0.2) is 4.79 Å². The van der Waals surface area contributed by atoms with Gasteiger partial charge in [0.2, 0.25) is 0 Å². The molecule has 1 aliphatic carbocycles. The van der Waals surface area contributed by atoms with E-state index in [-0.39, 0.29) is 12.6 Å². The van der Waals surface area contributed by atoms with Gasteiger partial charge in [-0.05, 0) is 57.2 Å². The van der Waals surface area contributed by atoms with Gasteiger partial charge in [-0.1, -0.05) is 16.8 Å². The van der Waals surface area contributed by atoms with E-state index in [1.807, 2.05) is 32.0 Å². The minimum absolute atomic E-state index is 0.0874. The van der Waals surface area contributed by atoms with Crippen LogP contribution in [0.5, 0.6) is 0 Å². The molecule has 2 heterocycles. The molecule has 0 atom stereocenters. The fourth-order valence-corrected chi connectivity index (χ4v) is 3.46. The first-order valence-corrected chi connectivity index (χ1v) is 8.63. The van der Waals surface area contributed by atoms with Gasteiger partial charge in [0.15, 0.2) is 12.4 Å². The molecule has 3 aromatic rings. The Labute approximate surface area is 146 Å². The number of ether oxygens (including phenoxy) is 1. The zero-order valence-electron chi connectivity index (χ0n) is 14.5. The van der Waals surface area contributed by atoms with Crippen LogP contribution in [-0.2, 0) is 24.2 Å². The van der Waals surface area contributed by atoms with Crippen LogP contribution in [0.15, 0.2) is 28.8 Å². The molecule has 0 saturated carbocycles. The normalized spacial score (nSPS) is 13.7. The van der Waals surface area contributed by atoms with Crippen molar-refractivity contribution in [3.05, 3.63) is 58.1 Å². The Morgan fingerprint density at radius 3 is 2.84 bits per heavy atom. The van der Waals surface area contributed by atoms with Gasteiger partial charge in [0.1, 0.15) is 0 Å². The number of hydrogen-bond donors (Lipinski definition) is 0. The van der Waals surface area contributed by atoms with Crippen molar-refractivity contribution in [2.45, 2.75) is 46.1 Å². The molecule has 0 radical (unpaired) electrons. The average molecular weight is 336 g/mol. The van der Waals surface area contributed by atoms with Gasteiger partial charge in [-0.2, -0.15) is 0 Å². The second kappa shape index (κ2) is 6.31. The topological polar surface area (TPSA) is 65.2 Å². The molecule has 0 N–H and O–H groups in total. The molecule has 25 heavy (non-hydrogen) atoms. The fourth-order valence-electron chi connectivity index (χ4n) is 3.46. The van der Waals surface area contributed by atoms with Crippen LogP contribution in [0.1, 0.15) is 51.5 Å². The van der Waals surface area contributed by atoms with E-state index in [0.29, 0.717) is 11.3 Å². The summed E-state index contributed by atoms with van der Waals surface area (Å²) in [4.78, 5) is 17.7. The van der Waals surface area contributed by atoms with Crippen LogP contribution < -0.4 is 0 Å². The van der Waals surface area contributed by atoms with Gasteiger partial charge in [-0.3, -0.25) is 4.98 Å². The van der Waals surface area contributed by atoms with E-state index in [4.69, 9.17) is 14.2 Å². The van der Waals surface area contributed by atoms with Crippen LogP contribution in [0.25, 0.3) is 10.9 Å². The van der Waals surface area contributed by atoms with Crippen LogP contribution in [-0.4, -0.2) is 16.1 Å². The monoisotopic (exact) mass is 336 g/mol. The summed E-state index contributed by atoms with van der Waals surface area (Å²) in [6, 6.07) is 7.80. The van der Waals surface area contributed by atoms with Crippen LogP contribution >= 0.6 is 0 Å². The smallest absolute Gasteiger partial charge is 0.339 e. The number of carbonyl (C=O) groups excluding carboxylic acids is 1. The molecule has 0 saturated heterocycles. The molecular weight excluding hydrogens is 316 g/mol. The minimum Gasteiger partial charge on any atom is -0.454 e. The molecule has 0 aliphatic heterocycles. The number of nitrogens with zero attached hydrogens (tertiary/aromatic N) is 2. The number of pyridine rings is 1. The zero-order valence-corrected chi connectivity index (χ0v) is 14.5. The summed E-state index contributed by atoms with van der Waals surface area (Å²) in [6.45, 7) is 3.94. The second-order valence-electron chi connectivity index (χ2n) is 6.65. The molecular formula is C20H20N2O3. The first kappa shape index (κ1) is 15.8. The largest absolute Gasteiger partial charge is 0.454 e.